The van der Waals surface area contributed by atoms with Crippen LogP contribution in [0.3, 0.4) is 0 Å². The summed E-state index contributed by atoms with van der Waals surface area (Å²) < 4.78 is 0. The Kier molecular flexibility index (Phi) is 12.8. The normalized spacial score (nSPS) is 12.5. The van der Waals surface area contributed by atoms with Crippen molar-refractivity contribution in [2.75, 3.05) is 0 Å². The van der Waals surface area contributed by atoms with E-state index in [0.29, 0.717) is 0 Å². The van der Waals surface area contributed by atoms with E-state index >= 15 is 0 Å². The summed E-state index contributed by atoms with van der Waals surface area (Å²) in [6, 6.07) is 44.0. The summed E-state index contributed by atoms with van der Waals surface area (Å²) in [5.74, 6) is 0. The third-order valence-electron chi connectivity index (χ3n) is 6.38. The van der Waals surface area contributed by atoms with Crippen LogP contribution in [-0.2, 0) is 16.5 Å². The van der Waals surface area contributed by atoms with Crippen molar-refractivity contribution in [3.63, 3.8) is 0 Å². The molecule has 194 valence electrons. The van der Waals surface area contributed by atoms with E-state index in [1.807, 2.05) is 0 Å². The van der Waals surface area contributed by atoms with Crippen LogP contribution in [0.5, 0.6) is 0 Å². The summed E-state index contributed by atoms with van der Waals surface area (Å²) in [5.41, 5.74) is 2.83. The summed E-state index contributed by atoms with van der Waals surface area (Å²) in [6.07, 6.45) is 0. The van der Waals surface area contributed by atoms with Gasteiger partial charge in [-0.25, -0.2) is 0 Å². The molecule has 4 aromatic carbocycles. The minimum absolute atomic E-state index is 0.472. The monoisotopic (exact) mass is 743 g/mol. The Morgan fingerprint density at radius 3 is 0.811 bits per heavy atom. The first-order valence-electron chi connectivity index (χ1n) is 12.0. The van der Waals surface area contributed by atoms with Crippen molar-refractivity contribution >= 4 is 55.9 Å². The van der Waals surface area contributed by atoms with E-state index in [1.165, 1.54) is 43.0 Å². The molecule has 0 amide bonds. The van der Waals surface area contributed by atoms with Gasteiger partial charge in [0.05, 0.1) is 0 Å². The van der Waals surface area contributed by atoms with Gasteiger partial charge < -0.3 is 0 Å². The summed E-state index contributed by atoms with van der Waals surface area (Å²) in [7, 11) is 8.58. The zero-order valence-corrected chi connectivity index (χ0v) is 27.1. The minimum atomic E-state index is -0.584. The van der Waals surface area contributed by atoms with Gasteiger partial charge in [-0.2, -0.15) is 0 Å². The van der Waals surface area contributed by atoms with Crippen molar-refractivity contribution in [3.8, 4) is 0 Å². The summed E-state index contributed by atoms with van der Waals surface area (Å²) >= 11 is -0.472. The molecule has 0 saturated heterocycles. The van der Waals surface area contributed by atoms with E-state index < -0.39 is 32.3 Å². The number of halogens is 2. The van der Waals surface area contributed by atoms with Crippen molar-refractivity contribution in [2.24, 2.45) is 0 Å². The summed E-state index contributed by atoms with van der Waals surface area (Å²) in [5, 5.41) is 8.55. The Morgan fingerprint density at radius 2 is 0.622 bits per heavy atom. The van der Waals surface area contributed by atoms with Crippen LogP contribution in [0.25, 0.3) is 0 Å². The first-order chi connectivity index (χ1) is 18.0. The second-order valence-electron chi connectivity index (χ2n) is 8.48. The van der Waals surface area contributed by atoms with Crippen LogP contribution in [0.15, 0.2) is 143 Å². The van der Waals surface area contributed by atoms with Crippen molar-refractivity contribution in [1.29, 1.82) is 0 Å². The van der Waals surface area contributed by atoms with E-state index in [9.17, 15) is 0 Å². The van der Waals surface area contributed by atoms with E-state index in [-0.39, 0.29) is 0 Å². The van der Waals surface area contributed by atoms with Crippen LogP contribution in [0.2, 0.25) is 0 Å². The molecule has 0 heterocycles. The van der Waals surface area contributed by atoms with Crippen LogP contribution < -0.4 is 21.2 Å². The van der Waals surface area contributed by atoms with E-state index in [4.69, 9.17) is 18.8 Å². The fourth-order valence-corrected chi connectivity index (χ4v) is 9.29. The van der Waals surface area contributed by atoms with Crippen molar-refractivity contribution in [3.05, 3.63) is 143 Å². The summed E-state index contributed by atoms with van der Waals surface area (Å²) in [4.78, 5) is 0. The molecule has 0 fully saturated rings. The van der Waals surface area contributed by atoms with Crippen LogP contribution in [0.4, 0.5) is 0 Å². The summed E-state index contributed by atoms with van der Waals surface area (Å²) in [6.45, 7) is 9.31. The van der Waals surface area contributed by atoms with Crippen molar-refractivity contribution < 1.29 is 16.5 Å². The van der Waals surface area contributed by atoms with Crippen LogP contribution >= 0.6 is 34.7 Å². The Bertz CT molecular complexity index is 1110. The first kappa shape index (κ1) is 30.0. The zero-order chi connectivity index (χ0) is 26.6. The number of allylic oxidation sites excluding steroid dienone is 4. The molecular formula is C32H32Cl2P2Pt. The molecule has 0 nitrogen and oxygen atoms in total. The fourth-order valence-electron chi connectivity index (χ4n) is 4.26. The average molecular weight is 745 g/mol. The molecule has 37 heavy (non-hydrogen) atoms. The quantitative estimate of drug-likeness (QED) is 0.131. The third kappa shape index (κ3) is 8.23. The van der Waals surface area contributed by atoms with Crippen molar-refractivity contribution in [1.82, 2.24) is 0 Å². The topological polar surface area (TPSA) is 0 Å². The fraction of sp³-hybridized carbons (Fsp3) is 0.125. The number of rotatable bonds is 7. The molecule has 0 atom stereocenters. The van der Waals surface area contributed by atoms with Gasteiger partial charge in [-0.1, -0.05) is 121 Å². The molecule has 0 aliphatic carbocycles. The van der Waals surface area contributed by atoms with Gasteiger partial charge in [-0.05, 0) is 86.5 Å². The molecule has 0 aliphatic heterocycles. The number of hydrogen-bond donors (Lipinski definition) is 0. The molecule has 0 spiro atoms. The molecule has 0 radical (unpaired) electrons. The van der Waals surface area contributed by atoms with E-state index in [1.54, 1.807) is 0 Å². The first-order valence-corrected chi connectivity index (χ1v) is 20.3. The molecule has 0 bridgehead atoms. The zero-order valence-electron chi connectivity index (χ0n) is 21.5. The molecule has 4 rings (SSSR count). The Labute approximate surface area is 241 Å². The third-order valence-corrected chi connectivity index (χ3v) is 11.6. The van der Waals surface area contributed by atoms with Crippen LogP contribution in [-0.4, -0.2) is 0 Å². The number of benzene rings is 4. The van der Waals surface area contributed by atoms with Gasteiger partial charge >= 0.3 is 35.3 Å². The second-order valence-corrected chi connectivity index (χ2v) is 16.5. The van der Waals surface area contributed by atoms with Gasteiger partial charge in [0.2, 0.25) is 0 Å². The SMILES string of the molecule is CC(/C(C)=C(/C)P(c1ccccc1)c1ccccc1)=C(\C)P(c1ccccc1)c1ccccc1.[Cl][Pt][Cl]. The maximum atomic E-state index is 4.88. The molecule has 4 aromatic rings. The number of hydrogen-bond acceptors (Lipinski definition) is 0. The van der Waals surface area contributed by atoms with Gasteiger partial charge in [0.25, 0.3) is 0 Å². The molecular weight excluding hydrogens is 712 g/mol. The second kappa shape index (κ2) is 15.8. The molecule has 0 aliphatic rings. The van der Waals surface area contributed by atoms with Gasteiger partial charge in [0.1, 0.15) is 0 Å². The predicted molar refractivity (Wildman–Crippen MR) is 167 cm³/mol. The average Bonchev–Trinajstić information content (AvgIpc) is 2.95. The molecule has 0 N–H and O–H groups in total. The van der Waals surface area contributed by atoms with Crippen LogP contribution in [0.1, 0.15) is 27.7 Å². The molecule has 0 saturated carbocycles. The standard InChI is InChI=1S/C32H32P2.2ClH.Pt/c1-25(27(3)33(29-17-9-5-10-18-29)30-19-11-6-12-20-30)26(2)28(4)34(31-21-13-7-14-22-31)32-23-15-8-16-24-32;;;/h5-24H,1-4H3;2*1H;/q;;;+2/p-2/b27-25-,28-26-;;;. The predicted octanol–water partition coefficient (Wildman–Crippen LogP) is 9.22. The molecule has 5 heteroatoms. The van der Waals surface area contributed by atoms with Gasteiger partial charge in [0, 0.05) is 0 Å². The van der Waals surface area contributed by atoms with E-state index in [2.05, 4.69) is 149 Å². The molecule has 0 unspecified atom stereocenters. The van der Waals surface area contributed by atoms with Gasteiger partial charge in [0.15, 0.2) is 0 Å². The van der Waals surface area contributed by atoms with E-state index in [0.717, 1.165) is 0 Å². The maximum absolute atomic E-state index is 4.88. The Balaban J connectivity index is 0.00000121. The Hall–Kier alpha value is -1.51. The van der Waals surface area contributed by atoms with Crippen molar-refractivity contribution in [2.45, 2.75) is 27.7 Å². The van der Waals surface area contributed by atoms with Gasteiger partial charge in [-0.15, -0.1) is 0 Å². The van der Waals surface area contributed by atoms with Gasteiger partial charge in [-0.3, -0.25) is 0 Å². The Morgan fingerprint density at radius 1 is 0.432 bits per heavy atom. The van der Waals surface area contributed by atoms with Crippen LogP contribution in [0, 0.1) is 0 Å². The molecule has 0 aromatic heterocycles.